The first-order valence-electron chi connectivity index (χ1n) is 6.73. The van der Waals surface area contributed by atoms with Gasteiger partial charge in [0.1, 0.15) is 18.5 Å². The Morgan fingerprint density at radius 2 is 1.95 bits per heavy atom. The van der Waals surface area contributed by atoms with Crippen LogP contribution >= 0.6 is 0 Å². The highest BCUT2D eigenvalue weighted by atomic mass is 16.5. The van der Waals surface area contributed by atoms with Gasteiger partial charge in [0.25, 0.3) is 0 Å². The number of aliphatic hydroxyl groups excluding tert-OH is 1. The van der Waals surface area contributed by atoms with Crippen LogP contribution in [0.1, 0.15) is 20.3 Å². The van der Waals surface area contributed by atoms with Crippen LogP contribution in [-0.4, -0.2) is 43.7 Å². The average molecular weight is 283 g/mol. The molecular formula is C15H25NO4. The fourth-order valence-corrected chi connectivity index (χ4v) is 1.49. The Balaban J connectivity index is 2.18. The molecule has 0 aliphatic rings. The van der Waals surface area contributed by atoms with Crippen molar-refractivity contribution in [1.29, 1.82) is 0 Å². The van der Waals surface area contributed by atoms with Crippen LogP contribution in [-0.2, 0) is 9.47 Å². The minimum atomic E-state index is -0.680. The zero-order valence-corrected chi connectivity index (χ0v) is 12.5. The minimum absolute atomic E-state index is 0.155. The standard InChI is InChI=1S/C15H25NO4/c1-15(2,18-3)8-9-19-10-12(17)11-20-14-7-5-4-6-13(14)16/h4-7,12,17H,8-11,16H2,1-3H3. The number of nitrogens with two attached hydrogens (primary N) is 1. The topological polar surface area (TPSA) is 73.9 Å². The lowest BCUT2D eigenvalue weighted by atomic mass is 10.1. The van der Waals surface area contributed by atoms with E-state index in [1.165, 1.54) is 0 Å². The molecule has 0 spiro atoms. The molecule has 0 aliphatic carbocycles. The lowest BCUT2D eigenvalue weighted by molar-refractivity contribution is -0.0307. The SMILES string of the molecule is COC(C)(C)CCOCC(O)COc1ccccc1N. The molecule has 0 aliphatic heterocycles. The maximum absolute atomic E-state index is 9.77. The molecule has 1 atom stereocenters. The van der Waals surface area contributed by atoms with E-state index in [0.29, 0.717) is 18.0 Å². The number of aliphatic hydroxyl groups is 1. The average Bonchev–Trinajstić information content (AvgIpc) is 2.43. The zero-order chi connectivity index (χ0) is 15.0. The van der Waals surface area contributed by atoms with Gasteiger partial charge < -0.3 is 25.1 Å². The number of nitrogen functional groups attached to an aromatic ring is 1. The van der Waals surface area contributed by atoms with Crippen molar-refractivity contribution in [2.24, 2.45) is 0 Å². The summed E-state index contributed by atoms with van der Waals surface area (Å²) in [5, 5.41) is 9.77. The van der Waals surface area contributed by atoms with Crippen molar-refractivity contribution < 1.29 is 19.3 Å². The first-order chi connectivity index (χ1) is 9.44. The number of hydrogen-bond acceptors (Lipinski definition) is 5. The summed E-state index contributed by atoms with van der Waals surface area (Å²) in [6, 6.07) is 7.19. The molecular weight excluding hydrogens is 258 g/mol. The Kier molecular flexibility index (Phi) is 6.78. The van der Waals surface area contributed by atoms with Gasteiger partial charge in [0.2, 0.25) is 0 Å². The molecule has 1 unspecified atom stereocenters. The summed E-state index contributed by atoms with van der Waals surface area (Å²) in [5.41, 5.74) is 6.09. The second kappa shape index (κ2) is 8.09. The van der Waals surface area contributed by atoms with Crippen molar-refractivity contribution >= 4 is 5.69 Å². The number of rotatable bonds is 9. The van der Waals surface area contributed by atoms with Crippen molar-refractivity contribution in [1.82, 2.24) is 0 Å². The third-order valence-electron chi connectivity index (χ3n) is 3.06. The molecule has 0 radical (unpaired) electrons. The van der Waals surface area contributed by atoms with E-state index < -0.39 is 6.10 Å². The molecule has 0 amide bonds. The Labute approximate surface area is 120 Å². The molecule has 0 saturated heterocycles. The van der Waals surface area contributed by atoms with Crippen LogP contribution in [0.5, 0.6) is 5.75 Å². The predicted molar refractivity (Wildman–Crippen MR) is 78.9 cm³/mol. The van der Waals surface area contributed by atoms with Gasteiger partial charge in [-0.05, 0) is 32.4 Å². The van der Waals surface area contributed by atoms with Crippen molar-refractivity contribution in [3.63, 3.8) is 0 Å². The molecule has 0 aromatic heterocycles. The summed E-state index contributed by atoms with van der Waals surface area (Å²) in [6.07, 6.45) is 0.0863. The summed E-state index contributed by atoms with van der Waals surface area (Å²) >= 11 is 0. The van der Waals surface area contributed by atoms with Gasteiger partial charge in [-0.1, -0.05) is 12.1 Å². The molecule has 0 heterocycles. The van der Waals surface area contributed by atoms with E-state index in [1.54, 1.807) is 19.2 Å². The van der Waals surface area contributed by atoms with E-state index in [0.717, 1.165) is 6.42 Å². The second-order valence-electron chi connectivity index (χ2n) is 5.29. The van der Waals surface area contributed by atoms with Crippen LogP contribution in [0.2, 0.25) is 0 Å². The van der Waals surface area contributed by atoms with Gasteiger partial charge in [-0.2, -0.15) is 0 Å². The van der Waals surface area contributed by atoms with E-state index in [9.17, 15) is 5.11 Å². The maximum Gasteiger partial charge on any atom is 0.142 e. The summed E-state index contributed by atoms with van der Waals surface area (Å²) in [7, 11) is 1.67. The second-order valence-corrected chi connectivity index (χ2v) is 5.29. The van der Waals surface area contributed by atoms with Gasteiger partial charge in [0.05, 0.1) is 17.9 Å². The number of anilines is 1. The van der Waals surface area contributed by atoms with Crippen LogP contribution in [0.3, 0.4) is 0 Å². The van der Waals surface area contributed by atoms with Crippen molar-refractivity contribution in [2.75, 3.05) is 32.7 Å². The Bertz CT molecular complexity index is 395. The summed E-state index contributed by atoms with van der Waals surface area (Å²) in [4.78, 5) is 0. The molecule has 114 valence electrons. The normalized spacial score (nSPS) is 13.2. The lowest BCUT2D eigenvalue weighted by Crippen LogP contribution is -2.27. The largest absolute Gasteiger partial charge is 0.489 e. The summed E-state index contributed by atoms with van der Waals surface area (Å²) in [5.74, 6) is 0.576. The first-order valence-corrected chi connectivity index (χ1v) is 6.73. The highest BCUT2D eigenvalue weighted by Crippen LogP contribution is 2.19. The molecule has 5 nitrogen and oxygen atoms in total. The number of methoxy groups -OCH3 is 1. The van der Waals surface area contributed by atoms with Crippen molar-refractivity contribution in [3.8, 4) is 5.75 Å². The fraction of sp³-hybridized carbons (Fsp3) is 0.600. The quantitative estimate of drug-likeness (QED) is 0.534. The van der Waals surface area contributed by atoms with Gasteiger partial charge in [0.15, 0.2) is 0 Å². The molecule has 1 aromatic carbocycles. The summed E-state index contributed by atoms with van der Waals surface area (Å²) in [6.45, 7) is 4.90. The minimum Gasteiger partial charge on any atom is -0.489 e. The lowest BCUT2D eigenvalue weighted by Gasteiger charge is -2.22. The van der Waals surface area contributed by atoms with Gasteiger partial charge in [0, 0.05) is 13.7 Å². The van der Waals surface area contributed by atoms with Crippen LogP contribution in [0.25, 0.3) is 0 Å². The van der Waals surface area contributed by atoms with Crippen LogP contribution in [0.4, 0.5) is 5.69 Å². The monoisotopic (exact) mass is 283 g/mol. The molecule has 5 heteroatoms. The van der Waals surface area contributed by atoms with Gasteiger partial charge in [-0.3, -0.25) is 0 Å². The van der Waals surface area contributed by atoms with E-state index in [2.05, 4.69) is 0 Å². The molecule has 20 heavy (non-hydrogen) atoms. The smallest absolute Gasteiger partial charge is 0.142 e. The highest BCUT2D eigenvalue weighted by Gasteiger charge is 2.16. The Morgan fingerprint density at radius 1 is 1.25 bits per heavy atom. The number of benzene rings is 1. The molecule has 3 N–H and O–H groups in total. The first kappa shape index (κ1) is 16.8. The predicted octanol–water partition coefficient (Wildman–Crippen LogP) is 1.84. The number of para-hydroxylation sites is 2. The van der Waals surface area contributed by atoms with E-state index in [1.807, 2.05) is 26.0 Å². The van der Waals surface area contributed by atoms with Gasteiger partial charge >= 0.3 is 0 Å². The van der Waals surface area contributed by atoms with Crippen LogP contribution < -0.4 is 10.5 Å². The molecule has 0 saturated carbocycles. The number of hydrogen-bond donors (Lipinski definition) is 2. The third-order valence-corrected chi connectivity index (χ3v) is 3.06. The number of ether oxygens (including phenoxy) is 3. The Hall–Kier alpha value is -1.30. The van der Waals surface area contributed by atoms with Gasteiger partial charge in [-0.15, -0.1) is 0 Å². The maximum atomic E-state index is 9.77. The molecule has 0 fully saturated rings. The fourth-order valence-electron chi connectivity index (χ4n) is 1.49. The summed E-state index contributed by atoms with van der Waals surface area (Å²) < 4.78 is 16.1. The van der Waals surface area contributed by atoms with Crippen molar-refractivity contribution in [2.45, 2.75) is 32.0 Å². The zero-order valence-electron chi connectivity index (χ0n) is 12.5. The van der Waals surface area contributed by atoms with E-state index >= 15 is 0 Å². The van der Waals surface area contributed by atoms with Crippen LogP contribution in [0.15, 0.2) is 24.3 Å². The Morgan fingerprint density at radius 3 is 2.60 bits per heavy atom. The molecule has 0 bridgehead atoms. The molecule has 1 rings (SSSR count). The highest BCUT2D eigenvalue weighted by molar-refractivity contribution is 5.51. The third kappa shape index (κ3) is 6.23. The van der Waals surface area contributed by atoms with Gasteiger partial charge in [-0.25, -0.2) is 0 Å². The van der Waals surface area contributed by atoms with E-state index in [4.69, 9.17) is 19.9 Å². The van der Waals surface area contributed by atoms with E-state index in [-0.39, 0.29) is 18.8 Å². The van der Waals surface area contributed by atoms with Crippen LogP contribution in [0, 0.1) is 0 Å². The van der Waals surface area contributed by atoms with Crippen molar-refractivity contribution in [3.05, 3.63) is 24.3 Å². The molecule has 1 aromatic rings.